The largest absolute Gasteiger partial charge is 0.347 e. The molecule has 0 saturated carbocycles. The van der Waals surface area contributed by atoms with Crippen molar-refractivity contribution in [3.63, 3.8) is 0 Å². The van der Waals surface area contributed by atoms with Crippen LogP contribution < -0.4 is 0 Å². The lowest BCUT2D eigenvalue weighted by molar-refractivity contribution is -0.385. The molecule has 0 aliphatic rings. The Hall–Kier alpha value is -4.36. The van der Waals surface area contributed by atoms with Crippen molar-refractivity contribution in [2.45, 2.75) is 35.8 Å². The van der Waals surface area contributed by atoms with Crippen molar-refractivity contribution in [2.75, 3.05) is 23.5 Å². The predicted molar refractivity (Wildman–Crippen MR) is 256 cm³/mol. The van der Waals surface area contributed by atoms with Crippen molar-refractivity contribution >= 4 is 130 Å². The molecular weight excluding hydrogens is 973 g/mol. The Morgan fingerprint density at radius 1 is 0.525 bits per heavy atom. The minimum atomic E-state index is -0.521. The molecule has 0 aliphatic carbocycles. The number of hydrogen-bond donors (Lipinski definition) is 3. The Kier molecular flexibility index (Phi) is 31.8. The van der Waals surface area contributed by atoms with Gasteiger partial charge in [-0.1, -0.05) is 77.6 Å². The summed E-state index contributed by atoms with van der Waals surface area (Å²) in [7, 11) is 9.40. The van der Waals surface area contributed by atoms with E-state index in [1.807, 2.05) is 35.4 Å². The van der Waals surface area contributed by atoms with E-state index in [-0.39, 0.29) is 28.4 Å². The predicted octanol–water partition coefficient (Wildman–Crippen LogP) is 12.1. The first-order chi connectivity index (χ1) is 29.0. The average molecular weight is 1010 g/mol. The normalized spacial score (nSPS) is 9.46. The number of nitro groups is 5. The van der Waals surface area contributed by atoms with Gasteiger partial charge in [0.2, 0.25) is 0 Å². The number of aromatic amines is 2. The minimum absolute atomic E-state index is 0.0219. The maximum Gasteiger partial charge on any atom is 0.287 e. The summed E-state index contributed by atoms with van der Waals surface area (Å²) in [6, 6.07) is 14.6. The van der Waals surface area contributed by atoms with Crippen LogP contribution in [0.5, 0.6) is 0 Å². The standard InChI is InChI=1S/C10H6N4O4S2.C7H8N2O2S2.2C5H4N2O2S.C3H8S2.C2H6S/c15-13(16)7-1-3-9(11-5-7)19-20-10-4-2-8(6-12-10)14(17)18;1-2-12-13-7-4-3-6(5-8-7)9(10)11;2*8-7(9)4-1-2-5(10)6-3-4;1-3-5-4-2;1-2-3/h1-6H;3-5H,2H2,1H3;2*1-3H,(H,6,10);3H2,1-2H3;3H,2H2,1H3. The van der Waals surface area contributed by atoms with Gasteiger partial charge in [0.15, 0.2) is 0 Å². The van der Waals surface area contributed by atoms with Crippen molar-refractivity contribution in [3.8, 4) is 0 Å². The van der Waals surface area contributed by atoms with Crippen LogP contribution in [0.2, 0.25) is 0 Å². The number of pyridine rings is 5. The number of thiol groups is 1. The highest BCUT2D eigenvalue weighted by molar-refractivity contribution is 8.77. The third kappa shape index (κ3) is 27.3. The van der Waals surface area contributed by atoms with Gasteiger partial charge in [0.1, 0.15) is 42.9 Å². The third-order valence-corrected chi connectivity index (χ3v) is 12.4. The van der Waals surface area contributed by atoms with E-state index < -0.39 is 24.6 Å². The monoisotopic (exact) mass is 1010 g/mol. The summed E-state index contributed by atoms with van der Waals surface area (Å²) in [5, 5.41) is 53.3. The fourth-order valence-electron chi connectivity index (χ4n) is 2.94. The van der Waals surface area contributed by atoms with Gasteiger partial charge in [-0.05, 0) is 74.7 Å². The zero-order valence-electron chi connectivity index (χ0n) is 32.2. The van der Waals surface area contributed by atoms with Gasteiger partial charge in [0, 0.05) is 41.8 Å². The smallest absolute Gasteiger partial charge is 0.287 e. The maximum absolute atomic E-state index is 10.5. The van der Waals surface area contributed by atoms with Gasteiger partial charge in [-0.2, -0.15) is 12.6 Å². The van der Waals surface area contributed by atoms with Gasteiger partial charge < -0.3 is 9.97 Å². The van der Waals surface area contributed by atoms with Crippen LogP contribution in [0, 0.1) is 59.9 Å². The first-order valence-electron chi connectivity index (χ1n) is 16.4. The van der Waals surface area contributed by atoms with E-state index in [1.165, 1.54) is 124 Å². The van der Waals surface area contributed by atoms with Gasteiger partial charge in [0.05, 0.1) is 37.0 Å². The number of nitrogens with zero attached hydrogens (tertiary/aromatic N) is 8. The molecule has 5 rings (SSSR count). The fourth-order valence-corrected chi connectivity index (χ4v) is 7.32. The van der Waals surface area contributed by atoms with Gasteiger partial charge in [-0.15, -0.1) is 0 Å². The molecule has 0 fully saturated rings. The molecule has 61 heavy (non-hydrogen) atoms. The topological polar surface area (TPSA) is 286 Å². The minimum Gasteiger partial charge on any atom is -0.347 e. The summed E-state index contributed by atoms with van der Waals surface area (Å²) < 4.78 is 0.983. The van der Waals surface area contributed by atoms with E-state index in [4.69, 9.17) is 0 Å². The summed E-state index contributed by atoms with van der Waals surface area (Å²) in [4.78, 5) is 65.8. The molecule has 0 spiro atoms. The van der Waals surface area contributed by atoms with Crippen LogP contribution in [0.3, 0.4) is 0 Å². The molecule has 5 aromatic rings. The number of H-pyrrole nitrogens is 2. The van der Waals surface area contributed by atoms with Crippen LogP contribution in [0.1, 0.15) is 20.8 Å². The van der Waals surface area contributed by atoms with Crippen LogP contribution in [0.15, 0.2) is 107 Å². The zero-order valence-corrected chi connectivity index (χ0v) is 39.6. The SMILES string of the molecule is CCS.CCSSC.CCSSc1ccc([N+](=O)[O-])cn1.O=[N+]([O-])c1ccc(=S)[nH]c1.O=[N+]([O-])c1ccc(=S)[nH]c1.O=[N+]([O-])c1ccc(SSc2ccc([N+](=O)[O-])cn2)nc1. The van der Waals surface area contributed by atoms with Gasteiger partial charge >= 0.3 is 0 Å². The third-order valence-electron chi connectivity index (χ3n) is 5.46. The van der Waals surface area contributed by atoms with Crippen molar-refractivity contribution < 1.29 is 24.6 Å². The molecule has 0 bridgehead atoms. The average Bonchev–Trinajstić information content (AvgIpc) is 3.24. The molecule has 2 N–H and O–H groups in total. The summed E-state index contributed by atoms with van der Waals surface area (Å²) >= 11 is 13.1. The van der Waals surface area contributed by atoms with E-state index in [0.717, 1.165) is 16.5 Å². The Balaban J connectivity index is 0.000000769. The first kappa shape index (κ1) is 56.6. The first-order valence-corrected chi connectivity index (χ1v) is 25.1. The second kappa shape index (κ2) is 34.3. The number of hydrogen-bond acceptors (Lipinski definition) is 22. The van der Waals surface area contributed by atoms with E-state index in [9.17, 15) is 50.6 Å². The fraction of sp³-hybridized carbons (Fsp3) is 0.219. The molecule has 0 aromatic carbocycles. The molecule has 5 aromatic heterocycles. The molecule has 20 nitrogen and oxygen atoms in total. The molecule has 0 aliphatic heterocycles. The molecule has 0 amide bonds. The van der Waals surface area contributed by atoms with E-state index in [2.05, 4.69) is 75.2 Å². The second-order valence-electron chi connectivity index (χ2n) is 9.72. The van der Waals surface area contributed by atoms with E-state index >= 15 is 0 Å². The highest BCUT2D eigenvalue weighted by atomic mass is 33.1. The molecule has 328 valence electrons. The summed E-state index contributed by atoms with van der Waals surface area (Å²) in [5.74, 6) is 3.16. The molecular formula is C32H36N10O10S9. The molecule has 0 radical (unpaired) electrons. The second-order valence-corrected chi connectivity index (χ2v) is 18.9. The van der Waals surface area contributed by atoms with Crippen LogP contribution in [0.25, 0.3) is 0 Å². The van der Waals surface area contributed by atoms with Crippen LogP contribution in [-0.2, 0) is 0 Å². The molecule has 0 saturated heterocycles. The molecule has 5 heterocycles. The highest BCUT2D eigenvalue weighted by Crippen LogP contribution is 2.36. The quantitative estimate of drug-likeness (QED) is 0.0325. The molecule has 0 unspecified atom stereocenters. The van der Waals surface area contributed by atoms with Crippen molar-refractivity contribution in [1.82, 2.24) is 24.9 Å². The van der Waals surface area contributed by atoms with Crippen molar-refractivity contribution in [1.29, 1.82) is 0 Å². The lowest BCUT2D eigenvalue weighted by atomic mass is 10.4. The van der Waals surface area contributed by atoms with Crippen LogP contribution >= 0.6 is 102 Å². The zero-order chi connectivity index (χ0) is 46.2. The lowest BCUT2D eigenvalue weighted by Crippen LogP contribution is -1.89. The summed E-state index contributed by atoms with van der Waals surface area (Å²) in [6.45, 7) is 6.19. The Morgan fingerprint density at radius 3 is 1.02 bits per heavy atom. The van der Waals surface area contributed by atoms with Crippen molar-refractivity contribution in [2.24, 2.45) is 0 Å². The Morgan fingerprint density at radius 2 is 0.820 bits per heavy atom. The number of aromatic nitrogens is 5. The van der Waals surface area contributed by atoms with Crippen LogP contribution in [-0.4, -0.2) is 73.1 Å². The number of nitrogens with one attached hydrogen (secondary N) is 2. The van der Waals surface area contributed by atoms with Gasteiger partial charge in [-0.25, -0.2) is 15.0 Å². The van der Waals surface area contributed by atoms with Gasteiger partial charge in [-0.3, -0.25) is 50.6 Å². The van der Waals surface area contributed by atoms with E-state index in [0.29, 0.717) is 19.3 Å². The van der Waals surface area contributed by atoms with Gasteiger partial charge in [0.25, 0.3) is 28.4 Å². The van der Waals surface area contributed by atoms with Crippen LogP contribution in [0.4, 0.5) is 28.4 Å². The Bertz CT molecular complexity index is 2040. The summed E-state index contributed by atoms with van der Waals surface area (Å²) in [5.41, 5.74) is -0.0753. The summed E-state index contributed by atoms with van der Waals surface area (Å²) in [6.07, 6.45) is 8.25. The highest BCUT2D eigenvalue weighted by Gasteiger charge is 2.09. The van der Waals surface area contributed by atoms with E-state index in [1.54, 1.807) is 16.9 Å². The lowest BCUT2D eigenvalue weighted by Gasteiger charge is -1.99. The molecule has 29 heteroatoms. The maximum atomic E-state index is 10.5. The van der Waals surface area contributed by atoms with Crippen molar-refractivity contribution in [3.05, 3.63) is 152 Å². The molecule has 0 atom stereocenters. The Labute approximate surface area is 387 Å². The number of rotatable bonds is 13.